The number of nitrogens with zero attached hydrogens (tertiary/aromatic N) is 3. The molecule has 1 aromatic heterocycles. The zero-order chi connectivity index (χ0) is 15.7. The van der Waals surface area contributed by atoms with E-state index in [0.717, 1.165) is 18.5 Å². The molecule has 0 bridgehead atoms. The topological polar surface area (TPSA) is 64.2 Å². The van der Waals surface area contributed by atoms with Crippen LogP contribution >= 0.6 is 11.6 Å². The van der Waals surface area contributed by atoms with Crippen molar-refractivity contribution in [1.82, 2.24) is 14.7 Å². The van der Waals surface area contributed by atoms with E-state index in [-0.39, 0.29) is 5.91 Å². The molecular formula is C16H19ClN4O. The first-order chi connectivity index (χ1) is 10.6. The Morgan fingerprint density at radius 3 is 2.91 bits per heavy atom. The van der Waals surface area contributed by atoms with Gasteiger partial charge in [-0.3, -0.25) is 9.48 Å². The molecule has 0 saturated carbocycles. The lowest BCUT2D eigenvalue weighted by molar-refractivity contribution is 0.0788. The molecule has 1 aromatic carbocycles. The van der Waals surface area contributed by atoms with Crippen molar-refractivity contribution in [3.63, 3.8) is 0 Å². The monoisotopic (exact) mass is 318 g/mol. The molecule has 1 aliphatic rings. The molecule has 5 nitrogen and oxygen atoms in total. The molecule has 1 atom stereocenters. The zero-order valence-corrected chi connectivity index (χ0v) is 13.3. The van der Waals surface area contributed by atoms with Crippen molar-refractivity contribution >= 4 is 17.5 Å². The molecule has 22 heavy (non-hydrogen) atoms. The number of likely N-dealkylation sites (tertiary alicyclic amines) is 1. The Labute approximate surface area is 134 Å². The Morgan fingerprint density at radius 1 is 1.45 bits per heavy atom. The van der Waals surface area contributed by atoms with Gasteiger partial charge in [0, 0.05) is 31.9 Å². The normalized spacial score (nSPS) is 18.0. The van der Waals surface area contributed by atoms with Gasteiger partial charge in [-0.05, 0) is 24.9 Å². The maximum absolute atomic E-state index is 12.8. The van der Waals surface area contributed by atoms with Gasteiger partial charge in [-0.15, -0.1) is 0 Å². The fourth-order valence-electron chi connectivity index (χ4n) is 2.88. The van der Waals surface area contributed by atoms with Crippen LogP contribution in [0.4, 0.5) is 0 Å². The summed E-state index contributed by atoms with van der Waals surface area (Å²) in [6.45, 7) is 2.08. The predicted molar refractivity (Wildman–Crippen MR) is 86.7 cm³/mol. The van der Waals surface area contributed by atoms with Crippen LogP contribution in [0.15, 0.2) is 30.5 Å². The molecule has 1 aliphatic heterocycles. The number of benzene rings is 1. The second-order valence-corrected chi connectivity index (χ2v) is 6.09. The van der Waals surface area contributed by atoms with Crippen molar-refractivity contribution in [2.75, 3.05) is 19.6 Å². The minimum atomic E-state index is -0.000954. The molecule has 1 saturated heterocycles. The zero-order valence-electron chi connectivity index (χ0n) is 12.5. The van der Waals surface area contributed by atoms with E-state index >= 15 is 0 Å². The first-order valence-electron chi connectivity index (χ1n) is 7.38. The summed E-state index contributed by atoms with van der Waals surface area (Å²) in [5.41, 5.74) is 7.71. The van der Waals surface area contributed by atoms with Gasteiger partial charge < -0.3 is 10.6 Å². The molecule has 0 radical (unpaired) electrons. The van der Waals surface area contributed by atoms with E-state index in [1.54, 1.807) is 16.9 Å². The Morgan fingerprint density at radius 2 is 2.23 bits per heavy atom. The molecule has 1 amide bonds. The summed E-state index contributed by atoms with van der Waals surface area (Å²) in [5, 5.41) is 5.03. The number of aromatic nitrogens is 2. The Hall–Kier alpha value is -1.85. The van der Waals surface area contributed by atoms with Crippen molar-refractivity contribution in [2.24, 2.45) is 18.7 Å². The summed E-state index contributed by atoms with van der Waals surface area (Å²) in [5.74, 6) is 0.392. The fraction of sp³-hybridized carbons (Fsp3) is 0.375. The highest BCUT2D eigenvalue weighted by Gasteiger charge is 2.29. The molecule has 2 N–H and O–H groups in total. The standard InChI is InChI=1S/C16H19ClN4O/c1-20-10-13(16(22)21-7-6-11(8-18)9-21)15(19-20)12-4-2-3-5-14(12)17/h2-5,10-11H,6-9,18H2,1H3/t11-/m1/s1. The minimum absolute atomic E-state index is 0.000954. The fourth-order valence-corrected chi connectivity index (χ4v) is 3.10. The van der Waals surface area contributed by atoms with Crippen molar-refractivity contribution in [2.45, 2.75) is 6.42 Å². The van der Waals surface area contributed by atoms with Gasteiger partial charge >= 0.3 is 0 Å². The lowest BCUT2D eigenvalue weighted by Gasteiger charge is -2.16. The highest BCUT2D eigenvalue weighted by Crippen LogP contribution is 2.30. The number of rotatable bonds is 3. The number of aryl methyl sites for hydroxylation is 1. The summed E-state index contributed by atoms with van der Waals surface area (Å²) in [6.07, 6.45) is 2.72. The number of hydrogen-bond acceptors (Lipinski definition) is 3. The van der Waals surface area contributed by atoms with Crippen molar-refractivity contribution in [3.8, 4) is 11.3 Å². The predicted octanol–water partition coefficient (Wildman–Crippen LogP) is 2.16. The largest absolute Gasteiger partial charge is 0.338 e. The number of nitrogens with two attached hydrogens (primary N) is 1. The van der Waals surface area contributed by atoms with Crippen molar-refractivity contribution in [3.05, 3.63) is 41.0 Å². The SMILES string of the molecule is Cn1cc(C(=O)N2CC[C@H](CN)C2)c(-c2ccccc2Cl)n1. The van der Waals surface area contributed by atoms with E-state index in [0.29, 0.717) is 35.3 Å². The molecule has 2 aromatic rings. The lowest BCUT2D eigenvalue weighted by atomic mass is 10.1. The number of hydrogen-bond donors (Lipinski definition) is 1. The van der Waals surface area contributed by atoms with E-state index in [1.807, 2.05) is 30.1 Å². The van der Waals surface area contributed by atoms with Gasteiger partial charge in [0.25, 0.3) is 5.91 Å². The van der Waals surface area contributed by atoms with E-state index < -0.39 is 0 Å². The number of amides is 1. The number of halogens is 1. The maximum Gasteiger partial charge on any atom is 0.257 e. The summed E-state index contributed by atoms with van der Waals surface area (Å²) in [7, 11) is 1.81. The first kappa shape index (κ1) is 15.1. The van der Waals surface area contributed by atoms with Gasteiger partial charge in [0.05, 0.1) is 10.6 Å². The van der Waals surface area contributed by atoms with Crippen LogP contribution in [-0.4, -0.2) is 40.2 Å². The Bertz CT molecular complexity index is 697. The lowest BCUT2D eigenvalue weighted by Crippen LogP contribution is -2.30. The van der Waals surface area contributed by atoms with E-state index in [1.165, 1.54) is 0 Å². The first-order valence-corrected chi connectivity index (χ1v) is 7.76. The number of carbonyl (C=O) groups excluding carboxylic acids is 1. The van der Waals surface area contributed by atoms with E-state index in [4.69, 9.17) is 17.3 Å². The van der Waals surface area contributed by atoms with Crippen LogP contribution in [0.25, 0.3) is 11.3 Å². The van der Waals surface area contributed by atoms with Crippen molar-refractivity contribution in [1.29, 1.82) is 0 Å². The number of carbonyl (C=O) groups is 1. The van der Waals surface area contributed by atoms with Crippen LogP contribution in [0.1, 0.15) is 16.8 Å². The Balaban J connectivity index is 1.95. The van der Waals surface area contributed by atoms with Crippen LogP contribution in [0.3, 0.4) is 0 Å². The molecular weight excluding hydrogens is 300 g/mol. The van der Waals surface area contributed by atoms with Gasteiger partial charge in [0.1, 0.15) is 5.69 Å². The summed E-state index contributed by atoms with van der Waals surface area (Å²) >= 11 is 6.26. The van der Waals surface area contributed by atoms with Gasteiger partial charge in [-0.2, -0.15) is 5.10 Å². The maximum atomic E-state index is 12.8. The average Bonchev–Trinajstić information content (AvgIpc) is 3.13. The summed E-state index contributed by atoms with van der Waals surface area (Å²) in [6, 6.07) is 7.45. The van der Waals surface area contributed by atoms with Gasteiger partial charge in [0.15, 0.2) is 0 Å². The average molecular weight is 319 g/mol. The van der Waals surface area contributed by atoms with Crippen LogP contribution in [-0.2, 0) is 7.05 Å². The molecule has 0 unspecified atom stereocenters. The van der Waals surface area contributed by atoms with Gasteiger partial charge in [-0.25, -0.2) is 0 Å². The van der Waals surface area contributed by atoms with Gasteiger partial charge in [0.2, 0.25) is 0 Å². The third-order valence-electron chi connectivity index (χ3n) is 4.09. The summed E-state index contributed by atoms with van der Waals surface area (Å²) in [4.78, 5) is 14.7. The van der Waals surface area contributed by atoms with Gasteiger partial charge in [-0.1, -0.05) is 29.8 Å². The highest BCUT2D eigenvalue weighted by molar-refractivity contribution is 6.33. The van der Waals surface area contributed by atoms with Crippen LogP contribution in [0.2, 0.25) is 5.02 Å². The molecule has 3 rings (SSSR count). The molecule has 1 fully saturated rings. The quantitative estimate of drug-likeness (QED) is 0.943. The second-order valence-electron chi connectivity index (χ2n) is 5.69. The highest BCUT2D eigenvalue weighted by atomic mass is 35.5. The third-order valence-corrected chi connectivity index (χ3v) is 4.42. The van der Waals surface area contributed by atoms with E-state index in [9.17, 15) is 4.79 Å². The molecule has 0 aliphatic carbocycles. The minimum Gasteiger partial charge on any atom is -0.338 e. The van der Waals surface area contributed by atoms with Crippen LogP contribution in [0.5, 0.6) is 0 Å². The van der Waals surface area contributed by atoms with Crippen molar-refractivity contribution < 1.29 is 4.79 Å². The molecule has 2 heterocycles. The van der Waals surface area contributed by atoms with Crippen LogP contribution in [0, 0.1) is 5.92 Å². The molecule has 6 heteroatoms. The smallest absolute Gasteiger partial charge is 0.257 e. The van der Waals surface area contributed by atoms with E-state index in [2.05, 4.69) is 5.10 Å². The Kier molecular flexibility index (Phi) is 4.18. The van der Waals surface area contributed by atoms with Crippen LogP contribution < -0.4 is 5.73 Å². The third kappa shape index (κ3) is 2.74. The second kappa shape index (κ2) is 6.10. The molecule has 0 spiro atoms. The summed E-state index contributed by atoms with van der Waals surface area (Å²) < 4.78 is 1.66. The molecule has 116 valence electrons.